The third-order valence-electron chi connectivity index (χ3n) is 4.98. The van der Waals surface area contributed by atoms with Crippen molar-refractivity contribution in [3.8, 4) is 0 Å². The number of nitrogens with zero attached hydrogens (tertiary/aromatic N) is 3. The van der Waals surface area contributed by atoms with Crippen LogP contribution >= 0.6 is 11.6 Å². The first-order valence-electron chi connectivity index (χ1n) is 9.34. The summed E-state index contributed by atoms with van der Waals surface area (Å²) in [5.41, 5.74) is 6.50. The van der Waals surface area contributed by atoms with Gasteiger partial charge in [0.1, 0.15) is 12.4 Å². The third-order valence-corrected chi connectivity index (χ3v) is 5.23. The molecule has 7 heteroatoms. The molecule has 0 radical (unpaired) electrons. The zero-order chi connectivity index (χ0) is 19.2. The maximum absolute atomic E-state index is 12.6. The normalized spacial score (nSPS) is 17.1. The Morgan fingerprint density at radius 2 is 2.04 bits per heavy atom. The van der Waals surface area contributed by atoms with Gasteiger partial charge in [0.25, 0.3) is 0 Å². The summed E-state index contributed by atoms with van der Waals surface area (Å²) in [4.78, 5) is 30.2. The summed E-state index contributed by atoms with van der Waals surface area (Å²) in [6.07, 6.45) is 7.58. The lowest BCUT2D eigenvalue weighted by molar-refractivity contribution is -0.132. The van der Waals surface area contributed by atoms with Crippen LogP contribution in [-0.4, -0.2) is 39.4 Å². The highest BCUT2D eigenvalue weighted by Crippen LogP contribution is 2.26. The minimum atomic E-state index is -0.389. The molecule has 1 aromatic carbocycles. The van der Waals surface area contributed by atoms with Crippen molar-refractivity contribution in [3.63, 3.8) is 0 Å². The number of nitrogens with two attached hydrogens (primary N) is 1. The van der Waals surface area contributed by atoms with Crippen LogP contribution in [0.2, 0.25) is 5.02 Å². The van der Waals surface area contributed by atoms with Crippen molar-refractivity contribution in [1.29, 1.82) is 0 Å². The molecule has 2 aromatic rings. The first-order chi connectivity index (χ1) is 13.0. The van der Waals surface area contributed by atoms with Gasteiger partial charge in [-0.1, -0.05) is 23.7 Å². The third kappa shape index (κ3) is 5.32. The fourth-order valence-electron chi connectivity index (χ4n) is 3.65. The van der Waals surface area contributed by atoms with Crippen molar-refractivity contribution in [2.75, 3.05) is 13.1 Å². The highest BCUT2D eigenvalue weighted by Gasteiger charge is 2.27. The number of hydrogen-bond acceptors (Lipinski definition) is 3. The number of aryl methyl sites for hydroxylation is 1. The van der Waals surface area contributed by atoms with Crippen LogP contribution in [-0.2, 0) is 22.6 Å². The molecule has 1 saturated heterocycles. The van der Waals surface area contributed by atoms with Crippen molar-refractivity contribution >= 4 is 23.4 Å². The number of benzene rings is 1. The molecular weight excluding hydrogens is 364 g/mol. The van der Waals surface area contributed by atoms with Crippen LogP contribution in [0.1, 0.15) is 43.0 Å². The molecule has 1 atom stereocenters. The van der Waals surface area contributed by atoms with Crippen LogP contribution in [0.25, 0.3) is 0 Å². The highest BCUT2D eigenvalue weighted by atomic mass is 35.5. The fraction of sp³-hybridized carbons (Fsp3) is 0.450. The van der Waals surface area contributed by atoms with E-state index in [0.717, 1.165) is 43.1 Å². The van der Waals surface area contributed by atoms with E-state index in [4.69, 9.17) is 17.3 Å². The van der Waals surface area contributed by atoms with Gasteiger partial charge in [-0.15, -0.1) is 0 Å². The first-order valence-corrected chi connectivity index (χ1v) is 9.72. The molecule has 0 aliphatic carbocycles. The van der Waals surface area contributed by atoms with Crippen LogP contribution in [0.5, 0.6) is 0 Å². The monoisotopic (exact) mass is 388 g/mol. The van der Waals surface area contributed by atoms with Crippen molar-refractivity contribution in [2.45, 2.75) is 44.6 Å². The molecule has 0 spiro atoms. The zero-order valence-corrected chi connectivity index (χ0v) is 16.1. The van der Waals surface area contributed by atoms with Gasteiger partial charge < -0.3 is 15.2 Å². The van der Waals surface area contributed by atoms with E-state index in [1.54, 1.807) is 17.0 Å². The smallest absolute Gasteiger partial charge is 0.237 e. The molecule has 27 heavy (non-hydrogen) atoms. The lowest BCUT2D eigenvalue weighted by atomic mass is 9.96. The van der Waals surface area contributed by atoms with Crippen LogP contribution in [0.15, 0.2) is 36.7 Å². The van der Waals surface area contributed by atoms with E-state index >= 15 is 0 Å². The van der Waals surface area contributed by atoms with Gasteiger partial charge in [0.15, 0.2) is 0 Å². The Morgan fingerprint density at radius 3 is 2.78 bits per heavy atom. The summed E-state index contributed by atoms with van der Waals surface area (Å²) in [6, 6.07) is 7.76. The molecule has 2 N–H and O–H groups in total. The molecule has 0 saturated carbocycles. The molecule has 2 amide bonds. The molecule has 6 nitrogen and oxygen atoms in total. The number of halogens is 1. The van der Waals surface area contributed by atoms with E-state index in [0.29, 0.717) is 13.0 Å². The number of likely N-dealkylation sites (tertiary alicyclic amines) is 1. The maximum atomic E-state index is 12.6. The summed E-state index contributed by atoms with van der Waals surface area (Å²) in [7, 11) is 0. The zero-order valence-electron chi connectivity index (χ0n) is 15.3. The molecular formula is C20H25ClN4O2. The largest absolute Gasteiger partial charge is 0.368 e. The molecule has 144 valence electrons. The van der Waals surface area contributed by atoms with Gasteiger partial charge in [-0.25, -0.2) is 4.98 Å². The highest BCUT2D eigenvalue weighted by molar-refractivity contribution is 6.30. The van der Waals surface area contributed by atoms with Crippen molar-refractivity contribution < 1.29 is 9.59 Å². The van der Waals surface area contributed by atoms with Crippen LogP contribution in [0.4, 0.5) is 0 Å². The Kier molecular flexibility index (Phi) is 6.50. The second kappa shape index (κ2) is 9.04. The number of rotatable bonds is 7. The van der Waals surface area contributed by atoms with Crippen LogP contribution in [0, 0.1) is 0 Å². The number of piperidine rings is 1. The number of primary amides is 1. The lowest BCUT2D eigenvalue weighted by Crippen LogP contribution is -2.40. The fourth-order valence-corrected chi connectivity index (χ4v) is 3.78. The minimum absolute atomic E-state index is 0.126. The molecule has 0 unspecified atom stereocenters. The predicted octanol–water partition coefficient (Wildman–Crippen LogP) is 2.75. The van der Waals surface area contributed by atoms with Gasteiger partial charge >= 0.3 is 0 Å². The van der Waals surface area contributed by atoms with Gasteiger partial charge in [-0.3, -0.25) is 9.59 Å². The molecule has 1 aliphatic rings. The number of carbonyl (C=O) groups excluding carboxylic acids is 2. The van der Waals surface area contributed by atoms with Crippen molar-refractivity contribution in [2.24, 2.45) is 5.73 Å². The molecule has 1 aromatic heterocycles. The average Bonchev–Trinajstić information content (AvgIpc) is 3.11. The van der Waals surface area contributed by atoms with Gasteiger partial charge in [-0.2, -0.15) is 0 Å². The average molecular weight is 389 g/mol. The van der Waals surface area contributed by atoms with Crippen molar-refractivity contribution in [3.05, 3.63) is 53.1 Å². The quantitative estimate of drug-likeness (QED) is 0.791. The van der Waals surface area contributed by atoms with Gasteiger partial charge in [0.05, 0.1) is 0 Å². The number of imidazole rings is 1. The van der Waals surface area contributed by atoms with Crippen molar-refractivity contribution in [1.82, 2.24) is 14.5 Å². The van der Waals surface area contributed by atoms with E-state index in [1.165, 1.54) is 5.56 Å². The Bertz CT molecular complexity index is 788. The second-order valence-electron chi connectivity index (χ2n) is 7.04. The molecule has 0 bridgehead atoms. The standard InChI is InChI=1S/C20H25ClN4O2/c21-17-8-6-15(7-9-17)3-1-5-19(27)24-11-2-4-16(13-24)20-23-10-12-25(20)14-18(22)26/h6-10,12,16H,1-5,11,13-14H2,(H2,22,26)/t16-/m0/s1. The summed E-state index contributed by atoms with van der Waals surface area (Å²) in [5.74, 6) is 0.780. The summed E-state index contributed by atoms with van der Waals surface area (Å²) in [5, 5.41) is 0.726. The van der Waals surface area contributed by atoms with Crippen LogP contribution < -0.4 is 5.73 Å². The SMILES string of the molecule is NC(=O)Cn1ccnc1[C@H]1CCCN(C(=O)CCCc2ccc(Cl)cc2)C1. The first kappa shape index (κ1) is 19.4. The Labute approximate surface area is 164 Å². The van der Waals surface area contributed by atoms with Crippen LogP contribution in [0.3, 0.4) is 0 Å². The predicted molar refractivity (Wildman–Crippen MR) is 104 cm³/mol. The Morgan fingerprint density at radius 1 is 1.26 bits per heavy atom. The van der Waals surface area contributed by atoms with E-state index in [1.807, 2.05) is 29.2 Å². The lowest BCUT2D eigenvalue weighted by Gasteiger charge is -2.32. The van der Waals surface area contributed by atoms with E-state index in [9.17, 15) is 9.59 Å². The van der Waals surface area contributed by atoms with Gasteiger partial charge in [0.2, 0.25) is 11.8 Å². The summed E-state index contributed by atoms with van der Waals surface area (Å²) < 4.78 is 1.79. The topological polar surface area (TPSA) is 81.2 Å². The maximum Gasteiger partial charge on any atom is 0.237 e. The Hall–Kier alpha value is -2.34. The van der Waals surface area contributed by atoms with E-state index in [2.05, 4.69) is 4.98 Å². The summed E-state index contributed by atoms with van der Waals surface area (Å²) >= 11 is 5.90. The Balaban J connectivity index is 1.53. The molecule has 1 fully saturated rings. The number of aromatic nitrogens is 2. The number of carbonyl (C=O) groups is 2. The van der Waals surface area contributed by atoms with Gasteiger partial charge in [0, 0.05) is 42.8 Å². The van der Waals surface area contributed by atoms with E-state index in [-0.39, 0.29) is 24.3 Å². The molecule has 2 heterocycles. The number of amides is 2. The summed E-state index contributed by atoms with van der Waals surface area (Å²) in [6.45, 7) is 1.56. The van der Waals surface area contributed by atoms with E-state index < -0.39 is 0 Å². The molecule has 3 rings (SSSR count). The minimum Gasteiger partial charge on any atom is -0.368 e. The van der Waals surface area contributed by atoms with Gasteiger partial charge in [-0.05, 0) is 43.4 Å². The second-order valence-corrected chi connectivity index (χ2v) is 7.48. The number of hydrogen-bond donors (Lipinski definition) is 1. The molecule has 1 aliphatic heterocycles.